The minimum absolute atomic E-state index is 0.0290. The first-order valence-electron chi connectivity index (χ1n) is 9.22. The summed E-state index contributed by atoms with van der Waals surface area (Å²) in [5.41, 5.74) is 1.41. The number of carbonyl (C=O) groups is 3. The third-order valence-electron chi connectivity index (χ3n) is 5.56. The van der Waals surface area contributed by atoms with Gasteiger partial charge in [-0.25, -0.2) is 4.39 Å². The number of nitrogens with zero attached hydrogens (tertiary/aromatic N) is 2. The summed E-state index contributed by atoms with van der Waals surface area (Å²) in [6.45, 7) is 0.732. The zero-order valence-corrected chi connectivity index (χ0v) is 14.5. The second-order valence-electron chi connectivity index (χ2n) is 7.15. The van der Waals surface area contributed by atoms with Crippen LogP contribution in [0.1, 0.15) is 59.2 Å². The Morgan fingerprint density at radius 2 is 1.88 bits per heavy atom. The predicted molar refractivity (Wildman–Crippen MR) is 92.8 cm³/mol. The average Bonchev–Trinajstić information content (AvgIpc) is 2.89. The quantitative estimate of drug-likeness (QED) is 0.782. The molecule has 136 valence electrons. The van der Waals surface area contributed by atoms with E-state index in [1.165, 1.54) is 18.6 Å². The molecular weight excluding hydrogens is 335 g/mol. The van der Waals surface area contributed by atoms with Gasteiger partial charge in [0.1, 0.15) is 5.82 Å². The number of likely N-dealkylation sites (tertiary alicyclic amines) is 1. The van der Waals surface area contributed by atoms with E-state index in [9.17, 15) is 18.8 Å². The average molecular weight is 356 g/mol. The summed E-state index contributed by atoms with van der Waals surface area (Å²) in [6, 6.07) is 3.58. The number of rotatable bonds is 3. The zero-order valence-electron chi connectivity index (χ0n) is 14.5. The number of hydrogen-bond acceptors (Lipinski definition) is 3. The maximum absolute atomic E-state index is 13.4. The third kappa shape index (κ3) is 2.83. The Bertz CT molecular complexity index is 817. The topological polar surface area (TPSA) is 57.7 Å². The number of benzene rings is 1. The molecule has 0 bridgehead atoms. The van der Waals surface area contributed by atoms with E-state index >= 15 is 0 Å². The van der Waals surface area contributed by atoms with Crippen LogP contribution in [0.5, 0.6) is 0 Å². The Hall–Kier alpha value is -2.50. The van der Waals surface area contributed by atoms with Gasteiger partial charge in [-0.05, 0) is 56.2 Å². The Labute approximate surface area is 151 Å². The molecule has 1 fully saturated rings. The molecule has 0 aromatic heterocycles. The lowest BCUT2D eigenvalue weighted by Crippen LogP contribution is -2.41. The highest BCUT2D eigenvalue weighted by atomic mass is 19.1. The van der Waals surface area contributed by atoms with Crippen LogP contribution in [0.25, 0.3) is 0 Å². The van der Waals surface area contributed by atoms with E-state index in [-0.39, 0.29) is 30.0 Å². The van der Waals surface area contributed by atoms with Crippen molar-refractivity contribution in [2.45, 2.75) is 38.5 Å². The van der Waals surface area contributed by atoms with Gasteiger partial charge in [0.25, 0.3) is 11.8 Å². The highest BCUT2D eigenvalue weighted by Gasteiger charge is 2.37. The molecule has 1 atom stereocenters. The van der Waals surface area contributed by atoms with Crippen LogP contribution in [-0.4, -0.2) is 40.6 Å². The fourth-order valence-corrected chi connectivity index (χ4v) is 4.25. The van der Waals surface area contributed by atoms with Gasteiger partial charge in [0.2, 0.25) is 5.91 Å². The molecule has 0 spiro atoms. The molecule has 1 saturated heterocycles. The van der Waals surface area contributed by atoms with Gasteiger partial charge in [0.05, 0.1) is 11.1 Å². The number of amides is 3. The van der Waals surface area contributed by atoms with Crippen molar-refractivity contribution in [1.82, 2.24) is 9.80 Å². The van der Waals surface area contributed by atoms with Crippen molar-refractivity contribution in [3.8, 4) is 0 Å². The zero-order chi connectivity index (χ0) is 18.3. The van der Waals surface area contributed by atoms with E-state index in [2.05, 4.69) is 6.08 Å². The van der Waals surface area contributed by atoms with E-state index in [0.29, 0.717) is 12.5 Å². The molecule has 2 heterocycles. The second kappa shape index (κ2) is 6.67. The number of hydrogen-bond donors (Lipinski definition) is 0. The lowest BCUT2D eigenvalue weighted by molar-refractivity contribution is -0.130. The minimum atomic E-state index is -0.550. The monoisotopic (exact) mass is 356 g/mol. The molecule has 0 N–H and O–H groups in total. The van der Waals surface area contributed by atoms with E-state index in [1.807, 2.05) is 4.90 Å². The highest BCUT2D eigenvalue weighted by molar-refractivity contribution is 6.21. The van der Waals surface area contributed by atoms with Crippen LogP contribution in [0.2, 0.25) is 0 Å². The minimum Gasteiger partial charge on any atom is -0.316 e. The number of allylic oxidation sites excluding steroid dienone is 2. The SMILES string of the molecule is O=C(CCN1C(=O)c2ccc(F)cc2C1=O)N1CCCC2CCCC=C21. The van der Waals surface area contributed by atoms with Crippen molar-refractivity contribution >= 4 is 17.7 Å². The lowest BCUT2D eigenvalue weighted by atomic mass is 9.85. The number of piperidine rings is 1. The van der Waals surface area contributed by atoms with Crippen LogP contribution >= 0.6 is 0 Å². The fraction of sp³-hybridized carbons (Fsp3) is 0.450. The fourth-order valence-electron chi connectivity index (χ4n) is 4.25. The van der Waals surface area contributed by atoms with Crippen LogP contribution in [0.3, 0.4) is 0 Å². The third-order valence-corrected chi connectivity index (χ3v) is 5.56. The first-order valence-corrected chi connectivity index (χ1v) is 9.22. The molecule has 1 aromatic rings. The van der Waals surface area contributed by atoms with Gasteiger partial charge >= 0.3 is 0 Å². The predicted octanol–water partition coefficient (Wildman–Crippen LogP) is 3.12. The smallest absolute Gasteiger partial charge is 0.261 e. The molecule has 26 heavy (non-hydrogen) atoms. The highest BCUT2D eigenvalue weighted by Crippen LogP contribution is 2.35. The number of halogens is 1. The summed E-state index contributed by atoms with van der Waals surface area (Å²) < 4.78 is 13.4. The van der Waals surface area contributed by atoms with Gasteiger partial charge < -0.3 is 4.90 Å². The number of imide groups is 1. The number of fused-ring (bicyclic) bond motifs is 2. The van der Waals surface area contributed by atoms with Gasteiger partial charge in [-0.2, -0.15) is 0 Å². The van der Waals surface area contributed by atoms with Gasteiger partial charge in [-0.15, -0.1) is 0 Å². The first kappa shape index (κ1) is 16.9. The Morgan fingerprint density at radius 3 is 2.73 bits per heavy atom. The van der Waals surface area contributed by atoms with Crippen molar-refractivity contribution in [1.29, 1.82) is 0 Å². The summed E-state index contributed by atoms with van der Waals surface area (Å²) in [5, 5.41) is 0. The summed E-state index contributed by atoms with van der Waals surface area (Å²) in [6.07, 6.45) is 7.66. The molecule has 5 nitrogen and oxygen atoms in total. The van der Waals surface area contributed by atoms with Crippen molar-refractivity contribution < 1.29 is 18.8 Å². The normalized spacial score (nSPS) is 22.2. The molecule has 0 radical (unpaired) electrons. The molecule has 0 saturated carbocycles. The standard InChI is InChI=1S/C20H21FN2O3/c21-14-7-8-15-16(12-14)20(26)23(19(15)25)11-9-18(24)22-10-3-5-13-4-1-2-6-17(13)22/h6-8,12-13H,1-5,9-11H2. The van der Waals surface area contributed by atoms with Crippen molar-refractivity contribution in [3.63, 3.8) is 0 Å². The first-order chi connectivity index (χ1) is 12.6. The van der Waals surface area contributed by atoms with Crippen LogP contribution in [0.15, 0.2) is 30.0 Å². The molecule has 3 aliphatic rings. The molecule has 1 unspecified atom stereocenters. The summed E-state index contributed by atoms with van der Waals surface area (Å²) in [4.78, 5) is 40.4. The molecule has 1 aromatic carbocycles. The van der Waals surface area contributed by atoms with Crippen molar-refractivity contribution in [3.05, 3.63) is 46.9 Å². The van der Waals surface area contributed by atoms with E-state index < -0.39 is 17.6 Å². The molecule has 6 heteroatoms. The lowest BCUT2D eigenvalue weighted by Gasteiger charge is -2.38. The maximum Gasteiger partial charge on any atom is 0.261 e. The van der Waals surface area contributed by atoms with Gasteiger partial charge in [-0.3, -0.25) is 19.3 Å². The molecule has 2 aliphatic heterocycles. The number of carbonyl (C=O) groups excluding carboxylic acids is 3. The van der Waals surface area contributed by atoms with Crippen molar-refractivity contribution in [2.24, 2.45) is 5.92 Å². The molecular formula is C20H21FN2O3. The van der Waals surface area contributed by atoms with Crippen LogP contribution in [0.4, 0.5) is 4.39 Å². The van der Waals surface area contributed by atoms with E-state index in [0.717, 1.165) is 42.3 Å². The van der Waals surface area contributed by atoms with Crippen LogP contribution < -0.4 is 0 Å². The molecule has 3 amide bonds. The second-order valence-corrected chi connectivity index (χ2v) is 7.15. The van der Waals surface area contributed by atoms with Crippen molar-refractivity contribution in [2.75, 3.05) is 13.1 Å². The van der Waals surface area contributed by atoms with Crippen LogP contribution in [-0.2, 0) is 4.79 Å². The van der Waals surface area contributed by atoms with E-state index in [4.69, 9.17) is 0 Å². The summed E-state index contributed by atoms with van der Waals surface area (Å²) in [5.74, 6) is -1.11. The summed E-state index contributed by atoms with van der Waals surface area (Å²) >= 11 is 0. The van der Waals surface area contributed by atoms with E-state index in [1.54, 1.807) is 0 Å². The maximum atomic E-state index is 13.4. The Kier molecular flexibility index (Phi) is 4.34. The van der Waals surface area contributed by atoms with Gasteiger partial charge in [0.15, 0.2) is 0 Å². The summed E-state index contributed by atoms with van der Waals surface area (Å²) in [7, 11) is 0. The molecule has 1 aliphatic carbocycles. The van der Waals surface area contributed by atoms with Gasteiger partial charge in [0, 0.05) is 25.2 Å². The Balaban J connectivity index is 1.44. The Morgan fingerprint density at radius 1 is 1.12 bits per heavy atom. The largest absolute Gasteiger partial charge is 0.316 e. The van der Waals surface area contributed by atoms with Gasteiger partial charge in [-0.1, -0.05) is 6.08 Å². The molecule has 4 rings (SSSR count). The van der Waals surface area contributed by atoms with Crippen LogP contribution in [0, 0.1) is 11.7 Å².